The second-order valence-corrected chi connectivity index (χ2v) is 4.12. The normalized spacial score (nSPS) is 17.4. The summed E-state index contributed by atoms with van der Waals surface area (Å²) < 4.78 is 0. The van der Waals surface area contributed by atoms with Gasteiger partial charge in [-0.15, -0.1) is 0 Å². The topological polar surface area (TPSA) is 40.5 Å². The lowest BCUT2D eigenvalue weighted by Crippen LogP contribution is -2.22. The van der Waals surface area contributed by atoms with Crippen LogP contribution in [0.5, 0.6) is 0 Å². The molecule has 3 atom stereocenters. The van der Waals surface area contributed by atoms with Crippen molar-refractivity contribution in [3.05, 3.63) is 60.2 Å². The summed E-state index contributed by atoms with van der Waals surface area (Å²) in [5.41, 5.74) is 0.832. The fourth-order valence-corrected chi connectivity index (χ4v) is 1.60. The van der Waals surface area contributed by atoms with Gasteiger partial charge in [0.15, 0.2) is 0 Å². The minimum absolute atomic E-state index is 0.237. The van der Waals surface area contributed by atoms with E-state index in [1.165, 1.54) is 0 Å². The Morgan fingerprint density at radius 1 is 1.06 bits per heavy atom. The molecule has 2 N–H and O–H groups in total. The molecule has 0 aromatic heterocycles. The van der Waals surface area contributed by atoms with Gasteiger partial charge in [0.1, 0.15) is 0 Å². The second kappa shape index (κ2) is 7.05. The SMILES string of the molecule is C/C=C/C=C/[C@H](O)[C@H](C)[C@H](O)c1ccccc1. The van der Waals surface area contributed by atoms with E-state index in [1.54, 1.807) is 12.2 Å². The van der Waals surface area contributed by atoms with Gasteiger partial charge < -0.3 is 10.2 Å². The lowest BCUT2D eigenvalue weighted by Gasteiger charge is -2.22. The van der Waals surface area contributed by atoms with Gasteiger partial charge in [-0.05, 0) is 12.5 Å². The van der Waals surface area contributed by atoms with Crippen molar-refractivity contribution < 1.29 is 10.2 Å². The van der Waals surface area contributed by atoms with Crippen molar-refractivity contribution in [2.75, 3.05) is 0 Å². The molecule has 1 aromatic carbocycles. The van der Waals surface area contributed by atoms with E-state index in [0.717, 1.165) is 5.56 Å². The zero-order chi connectivity index (χ0) is 12.7. The molecule has 92 valence electrons. The van der Waals surface area contributed by atoms with Crippen LogP contribution in [-0.4, -0.2) is 16.3 Å². The molecule has 0 aliphatic heterocycles. The molecule has 2 nitrogen and oxygen atoms in total. The van der Waals surface area contributed by atoms with Gasteiger partial charge in [0.25, 0.3) is 0 Å². The highest BCUT2D eigenvalue weighted by atomic mass is 16.3. The van der Waals surface area contributed by atoms with E-state index in [9.17, 15) is 10.2 Å². The lowest BCUT2D eigenvalue weighted by atomic mass is 9.92. The number of rotatable bonds is 5. The number of hydrogen-bond donors (Lipinski definition) is 2. The van der Waals surface area contributed by atoms with Crippen molar-refractivity contribution in [3.8, 4) is 0 Å². The molecule has 0 unspecified atom stereocenters. The van der Waals surface area contributed by atoms with Crippen LogP contribution in [0.1, 0.15) is 25.5 Å². The van der Waals surface area contributed by atoms with Gasteiger partial charge in [0, 0.05) is 5.92 Å². The standard InChI is InChI=1S/C15H20O2/c1-3-4-6-11-14(16)12(2)15(17)13-9-7-5-8-10-13/h3-12,14-17H,1-2H3/b4-3+,11-6+/t12-,14-,15-/m0/s1. The first-order valence-electron chi connectivity index (χ1n) is 5.87. The highest BCUT2D eigenvalue weighted by Crippen LogP contribution is 2.24. The molecular formula is C15H20O2. The molecular weight excluding hydrogens is 212 g/mol. The van der Waals surface area contributed by atoms with E-state index in [0.29, 0.717) is 0 Å². The van der Waals surface area contributed by atoms with Crippen LogP contribution in [0.2, 0.25) is 0 Å². The Kier molecular flexibility index (Phi) is 5.67. The smallest absolute Gasteiger partial charge is 0.0843 e. The molecule has 17 heavy (non-hydrogen) atoms. The van der Waals surface area contributed by atoms with Gasteiger partial charge in [-0.3, -0.25) is 0 Å². The van der Waals surface area contributed by atoms with E-state index in [1.807, 2.05) is 56.3 Å². The predicted molar refractivity (Wildman–Crippen MR) is 70.5 cm³/mol. The van der Waals surface area contributed by atoms with Crippen molar-refractivity contribution in [2.24, 2.45) is 5.92 Å². The Bertz CT molecular complexity index is 368. The number of allylic oxidation sites excluding steroid dienone is 3. The van der Waals surface area contributed by atoms with Crippen LogP contribution in [-0.2, 0) is 0 Å². The van der Waals surface area contributed by atoms with Gasteiger partial charge in [-0.25, -0.2) is 0 Å². The van der Waals surface area contributed by atoms with Gasteiger partial charge in [-0.1, -0.05) is 61.6 Å². The average molecular weight is 232 g/mol. The summed E-state index contributed by atoms with van der Waals surface area (Å²) in [5.74, 6) is -0.237. The summed E-state index contributed by atoms with van der Waals surface area (Å²) in [4.78, 5) is 0. The third-order valence-corrected chi connectivity index (χ3v) is 2.79. The summed E-state index contributed by atoms with van der Waals surface area (Å²) in [7, 11) is 0. The highest BCUT2D eigenvalue weighted by Gasteiger charge is 2.21. The Balaban J connectivity index is 2.66. The minimum Gasteiger partial charge on any atom is -0.389 e. The molecule has 2 heteroatoms. The lowest BCUT2D eigenvalue weighted by molar-refractivity contribution is 0.0444. The van der Waals surface area contributed by atoms with E-state index in [2.05, 4.69) is 0 Å². The Morgan fingerprint density at radius 2 is 1.71 bits per heavy atom. The van der Waals surface area contributed by atoms with Gasteiger partial charge in [0.05, 0.1) is 12.2 Å². The van der Waals surface area contributed by atoms with E-state index < -0.39 is 12.2 Å². The Hall–Kier alpha value is -1.38. The third-order valence-electron chi connectivity index (χ3n) is 2.79. The second-order valence-electron chi connectivity index (χ2n) is 4.12. The van der Waals surface area contributed by atoms with Crippen LogP contribution >= 0.6 is 0 Å². The summed E-state index contributed by atoms with van der Waals surface area (Å²) in [5, 5.41) is 20.0. The number of benzene rings is 1. The van der Waals surface area contributed by atoms with E-state index in [4.69, 9.17) is 0 Å². The third kappa shape index (κ3) is 4.17. The first kappa shape index (κ1) is 13.7. The van der Waals surface area contributed by atoms with Crippen LogP contribution in [0, 0.1) is 5.92 Å². The summed E-state index contributed by atoms with van der Waals surface area (Å²) in [6.07, 6.45) is 5.92. The Morgan fingerprint density at radius 3 is 2.29 bits per heavy atom. The van der Waals surface area contributed by atoms with Gasteiger partial charge in [0.2, 0.25) is 0 Å². The maximum absolute atomic E-state index is 10.1. The maximum Gasteiger partial charge on any atom is 0.0843 e. The molecule has 0 spiro atoms. The van der Waals surface area contributed by atoms with Crippen LogP contribution < -0.4 is 0 Å². The van der Waals surface area contributed by atoms with Crippen LogP contribution in [0.4, 0.5) is 0 Å². The zero-order valence-corrected chi connectivity index (χ0v) is 10.3. The first-order valence-corrected chi connectivity index (χ1v) is 5.87. The quantitative estimate of drug-likeness (QED) is 0.766. The molecule has 0 aliphatic rings. The van der Waals surface area contributed by atoms with E-state index >= 15 is 0 Å². The fraction of sp³-hybridized carbons (Fsp3) is 0.333. The monoisotopic (exact) mass is 232 g/mol. The molecule has 0 saturated heterocycles. The molecule has 0 heterocycles. The highest BCUT2D eigenvalue weighted by molar-refractivity contribution is 5.18. The van der Waals surface area contributed by atoms with Crippen LogP contribution in [0.3, 0.4) is 0 Å². The van der Waals surface area contributed by atoms with Crippen molar-refractivity contribution in [3.63, 3.8) is 0 Å². The number of hydrogen-bond acceptors (Lipinski definition) is 2. The zero-order valence-electron chi connectivity index (χ0n) is 10.3. The fourth-order valence-electron chi connectivity index (χ4n) is 1.60. The van der Waals surface area contributed by atoms with Crippen LogP contribution in [0.15, 0.2) is 54.6 Å². The molecule has 0 bridgehead atoms. The molecule has 0 saturated carbocycles. The average Bonchev–Trinajstić information content (AvgIpc) is 2.38. The van der Waals surface area contributed by atoms with Crippen molar-refractivity contribution in [1.29, 1.82) is 0 Å². The molecule has 0 aliphatic carbocycles. The first-order chi connectivity index (χ1) is 8.16. The minimum atomic E-state index is -0.651. The summed E-state index contributed by atoms with van der Waals surface area (Å²) in [6, 6.07) is 9.40. The van der Waals surface area contributed by atoms with Gasteiger partial charge in [-0.2, -0.15) is 0 Å². The van der Waals surface area contributed by atoms with Crippen LogP contribution in [0.25, 0.3) is 0 Å². The number of aliphatic hydroxyl groups is 2. The largest absolute Gasteiger partial charge is 0.389 e. The molecule has 0 fully saturated rings. The van der Waals surface area contributed by atoms with Crippen molar-refractivity contribution >= 4 is 0 Å². The van der Waals surface area contributed by atoms with Crippen molar-refractivity contribution in [2.45, 2.75) is 26.1 Å². The molecule has 1 aromatic rings. The van der Waals surface area contributed by atoms with E-state index in [-0.39, 0.29) is 5.92 Å². The molecule has 0 radical (unpaired) electrons. The number of aliphatic hydroxyl groups excluding tert-OH is 2. The Labute approximate surface area is 103 Å². The summed E-state index contributed by atoms with van der Waals surface area (Å²) in [6.45, 7) is 3.75. The maximum atomic E-state index is 10.1. The molecule has 0 amide bonds. The predicted octanol–water partition coefficient (Wildman–Crippen LogP) is 2.85. The summed E-state index contributed by atoms with van der Waals surface area (Å²) >= 11 is 0. The van der Waals surface area contributed by atoms with Crippen molar-refractivity contribution in [1.82, 2.24) is 0 Å². The van der Waals surface area contributed by atoms with Gasteiger partial charge >= 0.3 is 0 Å². The molecule has 1 rings (SSSR count).